The summed E-state index contributed by atoms with van der Waals surface area (Å²) in [7, 11) is 0. The summed E-state index contributed by atoms with van der Waals surface area (Å²) in [6, 6.07) is 0. The molecule has 1 heterocycles. The molecule has 1 saturated heterocycles. The summed E-state index contributed by atoms with van der Waals surface area (Å²) in [6.07, 6.45) is 0.393. The molecule has 0 saturated carbocycles. The topological polar surface area (TPSA) is 66.8 Å². The molecule has 0 unspecified atom stereocenters. The monoisotopic (exact) mass is 185 g/mol. The van der Waals surface area contributed by atoms with E-state index in [0.717, 1.165) is 5.57 Å². The fraction of sp³-hybridized carbons (Fsp3) is 0.500. The molecule has 1 rings (SSSR count). The maximum absolute atomic E-state index is 10.9. The third kappa shape index (κ3) is 2.47. The third-order valence-corrected chi connectivity index (χ3v) is 1.67. The van der Waals surface area contributed by atoms with Crippen molar-refractivity contribution in [2.45, 2.75) is 6.92 Å². The largest absolute Gasteiger partial charge is 0.465 e. The molecular weight excluding hydrogens is 174 g/mol. The average Bonchev–Trinajstić information content (AvgIpc) is 1.95. The lowest BCUT2D eigenvalue weighted by Crippen LogP contribution is -2.43. The molecule has 0 atom stereocenters. The maximum Gasteiger partial charge on any atom is 0.407 e. The first-order valence-corrected chi connectivity index (χ1v) is 3.97. The molecule has 0 aromatic carbocycles. The van der Waals surface area contributed by atoms with Crippen LogP contribution in [0.3, 0.4) is 0 Å². The van der Waals surface area contributed by atoms with E-state index in [1.165, 1.54) is 11.0 Å². The number of rotatable bonds is 2. The number of esters is 1. The van der Waals surface area contributed by atoms with E-state index in [4.69, 9.17) is 5.11 Å². The highest BCUT2D eigenvalue weighted by Gasteiger charge is 2.25. The van der Waals surface area contributed by atoms with E-state index >= 15 is 0 Å². The smallest absolute Gasteiger partial charge is 0.407 e. The second-order valence-electron chi connectivity index (χ2n) is 2.69. The van der Waals surface area contributed by atoms with Gasteiger partial charge in [-0.05, 0) is 12.5 Å². The highest BCUT2D eigenvalue weighted by atomic mass is 16.5. The predicted octanol–water partition coefficient (Wildman–Crippen LogP) is 0.470. The standard InChI is InChI=1S/C8H11NO4/c1-2-13-7(10)3-6-4-9(5-6)8(11)12/h3H,2,4-5H2,1H3,(H,11,12). The summed E-state index contributed by atoms with van der Waals surface area (Å²) in [5.74, 6) is -0.400. The summed E-state index contributed by atoms with van der Waals surface area (Å²) in [6.45, 7) is 2.69. The Kier molecular flexibility index (Phi) is 2.89. The minimum atomic E-state index is -0.957. The Morgan fingerprint density at radius 3 is 2.69 bits per heavy atom. The molecule has 5 nitrogen and oxygen atoms in total. The summed E-state index contributed by atoms with van der Waals surface area (Å²) in [5, 5.41) is 8.47. The lowest BCUT2D eigenvalue weighted by atomic mass is 10.1. The molecule has 1 N–H and O–H groups in total. The molecule has 1 aliphatic rings. The molecule has 0 radical (unpaired) electrons. The number of carboxylic acid groups (broad SMARTS) is 1. The van der Waals surface area contributed by atoms with Gasteiger partial charge in [0.1, 0.15) is 0 Å². The van der Waals surface area contributed by atoms with E-state index in [1.54, 1.807) is 6.92 Å². The summed E-state index contributed by atoms with van der Waals surface area (Å²) >= 11 is 0. The molecule has 1 aliphatic heterocycles. The number of nitrogens with zero attached hydrogens (tertiary/aromatic N) is 1. The Bertz CT molecular complexity index is 251. The van der Waals surface area contributed by atoms with Crippen molar-refractivity contribution in [3.63, 3.8) is 0 Å². The summed E-state index contributed by atoms with van der Waals surface area (Å²) in [5.41, 5.74) is 0.792. The summed E-state index contributed by atoms with van der Waals surface area (Å²) in [4.78, 5) is 22.4. The van der Waals surface area contributed by atoms with Gasteiger partial charge in [-0.25, -0.2) is 9.59 Å². The van der Waals surface area contributed by atoms with Crippen LogP contribution in [0.25, 0.3) is 0 Å². The van der Waals surface area contributed by atoms with Crippen LogP contribution in [-0.2, 0) is 9.53 Å². The van der Waals surface area contributed by atoms with E-state index in [2.05, 4.69) is 4.74 Å². The van der Waals surface area contributed by atoms with Crippen LogP contribution >= 0.6 is 0 Å². The van der Waals surface area contributed by atoms with Gasteiger partial charge in [-0.3, -0.25) is 0 Å². The number of carbonyl (C=O) groups excluding carboxylic acids is 1. The van der Waals surface area contributed by atoms with Crippen LogP contribution in [0.15, 0.2) is 11.6 Å². The zero-order valence-corrected chi connectivity index (χ0v) is 7.32. The first kappa shape index (κ1) is 9.57. The average molecular weight is 185 g/mol. The van der Waals surface area contributed by atoms with Gasteiger partial charge in [-0.15, -0.1) is 0 Å². The SMILES string of the molecule is CCOC(=O)C=C1CN(C(=O)O)C1. The molecular formula is C8H11NO4. The molecule has 13 heavy (non-hydrogen) atoms. The van der Waals surface area contributed by atoms with Crippen molar-refractivity contribution in [1.29, 1.82) is 0 Å². The van der Waals surface area contributed by atoms with Crippen molar-refractivity contribution in [2.24, 2.45) is 0 Å². The zero-order valence-electron chi connectivity index (χ0n) is 7.32. The number of hydrogen-bond acceptors (Lipinski definition) is 3. The number of likely N-dealkylation sites (tertiary alicyclic amines) is 1. The number of ether oxygens (including phenoxy) is 1. The molecule has 0 bridgehead atoms. The molecule has 0 aromatic heterocycles. The Morgan fingerprint density at radius 1 is 1.62 bits per heavy atom. The lowest BCUT2D eigenvalue weighted by Gasteiger charge is -2.30. The van der Waals surface area contributed by atoms with Crippen molar-refractivity contribution < 1.29 is 19.4 Å². The second kappa shape index (κ2) is 3.93. The van der Waals surface area contributed by atoms with Crippen LogP contribution in [-0.4, -0.2) is 41.8 Å². The van der Waals surface area contributed by atoms with Gasteiger partial charge >= 0.3 is 12.1 Å². The van der Waals surface area contributed by atoms with Crippen LogP contribution in [0, 0.1) is 0 Å². The van der Waals surface area contributed by atoms with Gasteiger partial charge in [-0.1, -0.05) is 0 Å². The van der Waals surface area contributed by atoms with E-state index < -0.39 is 12.1 Å². The van der Waals surface area contributed by atoms with Crippen LogP contribution < -0.4 is 0 Å². The van der Waals surface area contributed by atoms with Crippen molar-refractivity contribution >= 4 is 12.1 Å². The van der Waals surface area contributed by atoms with Crippen LogP contribution in [0.1, 0.15) is 6.92 Å². The van der Waals surface area contributed by atoms with Crippen LogP contribution in [0.2, 0.25) is 0 Å². The number of amides is 1. The summed E-state index contributed by atoms with van der Waals surface area (Å²) < 4.78 is 4.66. The van der Waals surface area contributed by atoms with Gasteiger partial charge in [0.2, 0.25) is 0 Å². The lowest BCUT2D eigenvalue weighted by molar-refractivity contribution is -0.137. The van der Waals surface area contributed by atoms with E-state index in [-0.39, 0.29) is 0 Å². The first-order valence-electron chi connectivity index (χ1n) is 3.97. The Hall–Kier alpha value is -1.52. The third-order valence-electron chi connectivity index (χ3n) is 1.67. The van der Waals surface area contributed by atoms with Gasteiger partial charge in [0, 0.05) is 19.2 Å². The molecule has 5 heteroatoms. The van der Waals surface area contributed by atoms with E-state index in [0.29, 0.717) is 19.7 Å². The molecule has 0 spiro atoms. The quantitative estimate of drug-likeness (QED) is 0.501. The Balaban J connectivity index is 2.34. The molecule has 1 amide bonds. The fourth-order valence-corrected chi connectivity index (χ4v) is 1.02. The minimum absolute atomic E-state index is 0.314. The molecule has 1 fully saturated rings. The normalized spacial score (nSPS) is 14.8. The maximum atomic E-state index is 10.9. The van der Waals surface area contributed by atoms with Crippen LogP contribution in [0.4, 0.5) is 4.79 Å². The zero-order chi connectivity index (χ0) is 9.84. The number of hydrogen-bond donors (Lipinski definition) is 1. The minimum Gasteiger partial charge on any atom is -0.465 e. The van der Waals surface area contributed by atoms with Crippen molar-refractivity contribution in [2.75, 3.05) is 19.7 Å². The van der Waals surface area contributed by atoms with Crippen molar-refractivity contribution in [3.8, 4) is 0 Å². The molecule has 72 valence electrons. The predicted molar refractivity (Wildman–Crippen MR) is 44.3 cm³/mol. The van der Waals surface area contributed by atoms with Crippen LogP contribution in [0.5, 0.6) is 0 Å². The van der Waals surface area contributed by atoms with Gasteiger partial charge < -0.3 is 14.7 Å². The van der Waals surface area contributed by atoms with Gasteiger partial charge in [-0.2, -0.15) is 0 Å². The molecule has 0 aromatic rings. The first-order chi connectivity index (χ1) is 6.13. The van der Waals surface area contributed by atoms with Gasteiger partial charge in [0.15, 0.2) is 0 Å². The van der Waals surface area contributed by atoms with E-state index in [9.17, 15) is 9.59 Å². The fourth-order valence-electron chi connectivity index (χ4n) is 1.02. The second-order valence-corrected chi connectivity index (χ2v) is 2.69. The van der Waals surface area contributed by atoms with Crippen molar-refractivity contribution in [1.82, 2.24) is 4.90 Å². The highest BCUT2D eigenvalue weighted by Crippen LogP contribution is 2.13. The van der Waals surface area contributed by atoms with Gasteiger partial charge in [0.25, 0.3) is 0 Å². The molecule has 0 aliphatic carbocycles. The Morgan fingerprint density at radius 2 is 2.23 bits per heavy atom. The number of carbonyl (C=O) groups is 2. The van der Waals surface area contributed by atoms with Crippen molar-refractivity contribution in [3.05, 3.63) is 11.6 Å². The highest BCUT2D eigenvalue weighted by molar-refractivity contribution is 5.83. The van der Waals surface area contributed by atoms with E-state index in [1.807, 2.05) is 0 Å². The van der Waals surface area contributed by atoms with Gasteiger partial charge in [0.05, 0.1) is 6.61 Å². The Labute approximate surface area is 75.6 Å².